The third-order valence-electron chi connectivity index (χ3n) is 4.93. The lowest BCUT2D eigenvalue weighted by Gasteiger charge is -2.48. The number of piperidine rings is 2. The summed E-state index contributed by atoms with van der Waals surface area (Å²) in [7, 11) is 0. The maximum absolute atomic E-state index is 12.5. The molecule has 23 heavy (non-hydrogen) atoms. The van der Waals surface area contributed by atoms with Crippen molar-refractivity contribution in [2.24, 2.45) is 11.8 Å². The van der Waals surface area contributed by atoms with Crippen LogP contribution in [-0.2, 0) is 0 Å². The minimum Gasteiger partial charge on any atom is -0.417 e. The van der Waals surface area contributed by atoms with Crippen molar-refractivity contribution in [3.8, 4) is 11.1 Å². The molecule has 122 valence electrons. The largest absolute Gasteiger partial charge is 0.417 e. The lowest BCUT2D eigenvalue weighted by molar-refractivity contribution is 0.0719. The summed E-state index contributed by atoms with van der Waals surface area (Å²) in [6.07, 6.45) is 5.55. The fraction of sp³-hybridized carbons (Fsp3) is 0.500. The summed E-state index contributed by atoms with van der Waals surface area (Å²) in [6.45, 7) is 3.32. The molecule has 2 aliphatic heterocycles. The number of amides is 1. The van der Waals surface area contributed by atoms with Crippen molar-refractivity contribution in [3.05, 3.63) is 29.5 Å². The van der Waals surface area contributed by atoms with Crippen LogP contribution in [0.15, 0.2) is 29.0 Å². The highest BCUT2D eigenvalue weighted by molar-refractivity contribution is 7.15. The van der Waals surface area contributed by atoms with Crippen molar-refractivity contribution < 1.29 is 13.9 Å². The molecule has 7 heteroatoms. The van der Waals surface area contributed by atoms with Crippen LogP contribution in [0.3, 0.4) is 0 Å². The summed E-state index contributed by atoms with van der Waals surface area (Å²) in [5.74, 6) is 1.14. The highest BCUT2D eigenvalue weighted by atomic mass is 32.1. The van der Waals surface area contributed by atoms with Gasteiger partial charge in [-0.3, -0.25) is 4.79 Å². The first-order chi connectivity index (χ1) is 11.2. The third-order valence-corrected chi connectivity index (χ3v) is 5.90. The van der Waals surface area contributed by atoms with Crippen LogP contribution in [0, 0.1) is 11.8 Å². The lowest BCUT2D eigenvalue weighted by Crippen LogP contribution is -2.63. The van der Waals surface area contributed by atoms with Crippen molar-refractivity contribution in [3.63, 3.8) is 0 Å². The summed E-state index contributed by atoms with van der Waals surface area (Å²) in [5, 5.41) is 7.33. The van der Waals surface area contributed by atoms with Crippen molar-refractivity contribution in [1.29, 1.82) is 0 Å². The second-order valence-electron chi connectivity index (χ2n) is 6.23. The first kappa shape index (κ1) is 14.7. The number of hydrogen-bond donors (Lipinski definition) is 2. The monoisotopic (exact) mass is 333 g/mol. The SMILES string of the molecule is C[C@@H]1C2CCC(NC2)[C@@H]1NC(=O)c1ccc(Oc2ncco2)s1. The van der Waals surface area contributed by atoms with Crippen molar-refractivity contribution in [2.75, 3.05) is 6.54 Å². The number of ether oxygens (including phenoxy) is 1. The van der Waals surface area contributed by atoms with Crippen molar-refractivity contribution >= 4 is 17.2 Å². The van der Waals surface area contributed by atoms with Gasteiger partial charge in [-0.05, 0) is 43.4 Å². The molecule has 4 heterocycles. The standard InChI is InChI=1S/C16H19N3O3S/c1-9-10-2-3-11(18-8-10)14(9)19-15(20)12-4-5-13(23-12)22-16-17-6-7-21-16/h4-7,9-11,14,18H,2-3,8H2,1H3,(H,19,20)/t9-,10?,11?,14-/m1/s1. The topological polar surface area (TPSA) is 76.4 Å². The van der Waals surface area contributed by atoms with Crippen LogP contribution < -0.4 is 15.4 Å². The number of aromatic nitrogens is 1. The predicted molar refractivity (Wildman–Crippen MR) is 85.8 cm³/mol. The highest BCUT2D eigenvalue weighted by Crippen LogP contribution is 2.35. The number of oxazole rings is 1. The first-order valence-electron chi connectivity index (χ1n) is 7.92. The molecule has 4 atom stereocenters. The molecule has 2 saturated heterocycles. The fourth-order valence-electron chi connectivity index (χ4n) is 3.61. The molecule has 5 rings (SSSR count). The molecule has 2 aromatic rings. The predicted octanol–water partition coefficient (Wildman–Crippen LogP) is 2.64. The molecule has 1 amide bonds. The van der Waals surface area contributed by atoms with Gasteiger partial charge in [-0.2, -0.15) is 4.98 Å². The van der Waals surface area contributed by atoms with Crippen LogP contribution in [0.1, 0.15) is 29.4 Å². The number of hydrogen-bond acceptors (Lipinski definition) is 6. The average molecular weight is 333 g/mol. The van der Waals surface area contributed by atoms with Crippen LogP contribution in [0.2, 0.25) is 0 Å². The maximum atomic E-state index is 12.5. The number of fused-ring (bicyclic) bond motifs is 3. The molecule has 0 aromatic carbocycles. The summed E-state index contributed by atoms with van der Waals surface area (Å²) in [6, 6.07) is 4.13. The van der Waals surface area contributed by atoms with E-state index in [1.165, 1.54) is 30.2 Å². The van der Waals surface area contributed by atoms with Crippen LogP contribution in [-0.4, -0.2) is 29.5 Å². The minimum atomic E-state index is -0.0385. The third kappa shape index (κ3) is 2.86. The Labute approximate surface area is 138 Å². The van der Waals surface area contributed by atoms with E-state index in [1.54, 1.807) is 12.1 Å². The van der Waals surface area contributed by atoms with Gasteiger partial charge < -0.3 is 19.8 Å². The first-order valence-corrected chi connectivity index (χ1v) is 8.74. The molecule has 1 saturated carbocycles. The van der Waals surface area contributed by atoms with Crippen LogP contribution in [0.4, 0.5) is 0 Å². The van der Waals surface area contributed by atoms with E-state index < -0.39 is 0 Å². The Balaban J connectivity index is 1.42. The van der Waals surface area contributed by atoms with Gasteiger partial charge in [0.2, 0.25) is 0 Å². The number of nitrogens with one attached hydrogen (secondary N) is 2. The van der Waals surface area contributed by atoms with E-state index in [-0.39, 0.29) is 18.0 Å². The normalized spacial score (nSPS) is 29.4. The molecule has 2 bridgehead atoms. The van der Waals surface area contributed by atoms with Gasteiger partial charge in [0, 0.05) is 12.1 Å². The lowest BCUT2D eigenvalue weighted by atomic mass is 9.70. The second kappa shape index (κ2) is 5.98. The summed E-state index contributed by atoms with van der Waals surface area (Å²) in [4.78, 5) is 17.1. The second-order valence-corrected chi connectivity index (χ2v) is 7.28. The molecule has 0 spiro atoms. The van der Waals surface area contributed by atoms with Crippen molar-refractivity contribution in [2.45, 2.75) is 31.8 Å². The van der Waals surface area contributed by atoms with Gasteiger partial charge in [0.1, 0.15) is 6.26 Å². The van der Waals surface area contributed by atoms with Crippen LogP contribution in [0.25, 0.3) is 0 Å². The van der Waals surface area contributed by atoms with Gasteiger partial charge >= 0.3 is 6.08 Å². The number of carbonyl (C=O) groups excluding carboxylic acids is 1. The van der Waals surface area contributed by atoms with E-state index in [2.05, 4.69) is 22.5 Å². The molecule has 0 radical (unpaired) electrons. The quantitative estimate of drug-likeness (QED) is 0.899. The molecule has 3 aliphatic rings. The molecular weight excluding hydrogens is 314 g/mol. The summed E-state index contributed by atoms with van der Waals surface area (Å²) in [5.41, 5.74) is 0. The van der Waals surface area contributed by atoms with E-state index in [9.17, 15) is 4.79 Å². The summed E-state index contributed by atoms with van der Waals surface area (Å²) < 4.78 is 10.5. The van der Waals surface area contributed by atoms with Gasteiger partial charge in [-0.15, -0.1) is 0 Å². The number of nitrogens with zero attached hydrogens (tertiary/aromatic N) is 1. The molecule has 3 fully saturated rings. The Morgan fingerprint density at radius 2 is 2.39 bits per heavy atom. The minimum absolute atomic E-state index is 0.0385. The zero-order chi connectivity index (χ0) is 15.8. The average Bonchev–Trinajstić information content (AvgIpc) is 3.23. The highest BCUT2D eigenvalue weighted by Gasteiger charge is 2.41. The van der Waals surface area contributed by atoms with Gasteiger partial charge in [0.05, 0.1) is 11.1 Å². The number of thiophene rings is 1. The van der Waals surface area contributed by atoms with E-state index >= 15 is 0 Å². The molecule has 2 N–H and O–H groups in total. The number of carbonyl (C=O) groups is 1. The van der Waals surface area contributed by atoms with Gasteiger partial charge in [-0.25, -0.2) is 0 Å². The van der Waals surface area contributed by atoms with E-state index in [4.69, 9.17) is 9.15 Å². The smallest absolute Gasteiger partial charge is 0.399 e. The fourth-order valence-corrected chi connectivity index (χ4v) is 4.37. The van der Waals surface area contributed by atoms with Crippen molar-refractivity contribution in [1.82, 2.24) is 15.6 Å². The van der Waals surface area contributed by atoms with Gasteiger partial charge in [0.25, 0.3) is 5.91 Å². The Bertz CT molecular complexity index is 675. The van der Waals surface area contributed by atoms with E-state index in [0.29, 0.717) is 27.8 Å². The Morgan fingerprint density at radius 1 is 1.48 bits per heavy atom. The van der Waals surface area contributed by atoms with E-state index in [1.807, 2.05) is 0 Å². The zero-order valence-electron chi connectivity index (χ0n) is 12.8. The Kier molecular flexibility index (Phi) is 3.82. The van der Waals surface area contributed by atoms with Crippen LogP contribution in [0.5, 0.6) is 11.1 Å². The number of rotatable bonds is 4. The molecular formula is C16H19N3O3S. The van der Waals surface area contributed by atoms with Crippen LogP contribution >= 0.6 is 11.3 Å². The Morgan fingerprint density at radius 3 is 3.09 bits per heavy atom. The maximum Gasteiger partial charge on any atom is 0.399 e. The Hall–Kier alpha value is -1.86. The summed E-state index contributed by atoms with van der Waals surface area (Å²) >= 11 is 1.29. The molecule has 1 aliphatic carbocycles. The van der Waals surface area contributed by atoms with E-state index in [0.717, 1.165) is 13.0 Å². The van der Waals surface area contributed by atoms with Gasteiger partial charge in [-0.1, -0.05) is 18.3 Å². The molecule has 2 unspecified atom stereocenters. The molecule has 2 aromatic heterocycles. The zero-order valence-corrected chi connectivity index (χ0v) is 13.6. The van der Waals surface area contributed by atoms with Gasteiger partial charge in [0.15, 0.2) is 5.06 Å². The molecule has 6 nitrogen and oxygen atoms in total.